The lowest BCUT2D eigenvalue weighted by molar-refractivity contribution is 0.0250. The highest BCUT2D eigenvalue weighted by molar-refractivity contribution is 7.89. The summed E-state index contributed by atoms with van der Waals surface area (Å²) in [5.74, 6) is 0. The Kier molecular flexibility index (Phi) is 4.72. The summed E-state index contributed by atoms with van der Waals surface area (Å²) in [5.41, 5.74) is 7.87. The van der Waals surface area contributed by atoms with Crippen LogP contribution < -0.4 is 10.5 Å². The molecule has 5 nitrogen and oxygen atoms in total. The summed E-state index contributed by atoms with van der Waals surface area (Å²) in [6.45, 7) is 6.99. The minimum absolute atomic E-state index is 0.292. The Balaban J connectivity index is 2.23. The molecule has 0 radical (unpaired) electrons. The molecule has 0 amide bonds. The van der Waals surface area contributed by atoms with Crippen LogP contribution in [0.4, 0.5) is 0 Å². The Morgan fingerprint density at radius 1 is 1.33 bits per heavy atom. The molecular weight excluding hydrogens is 288 g/mol. The predicted molar refractivity (Wildman–Crippen MR) is 82.6 cm³/mol. The zero-order valence-electron chi connectivity index (χ0n) is 12.9. The smallest absolute Gasteiger partial charge is 0.240 e. The van der Waals surface area contributed by atoms with Crippen LogP contribution >= 0.6 is 0 Å². The van der Waals surface area contributed by atoms with Crippen molar-refractivity contribution in [2.45, 2.75) is 50.7 Å². The van der Waals surface area contributed by atoms with E-state index in [1.54, 1.807) is 13.0 Å². The van der Waals surface area contributed by atoms with E-state index in [2.05, 4.69) is 4.72 Å². The van der Waals surface area contributed by atoms with E-state index in [1.165, 1.54) is 0 Å². The van der Waals surface area contributed by atoms with Crippen LogP contribution in [0.1, 0.15) is 36.5 Å². The van der Waals surface area contributed by atoms with E-state index < -0.39 is 15.6 Å². The molecule has 1 heterocycles. The van der Waals surface area contributed by atoms with Crippen LogP contribution in [0.3, 0.4) is 0 Å². The first kappa shape index (κ1) is 16.4. The molecule has 0 aliphatic carbocycles. The van der Waals surface area contributed by atoms with E-state index in [9.17, 15) is 8.42 Å². The average Bonchev–Trinajstić information content (AvgIpc) is 2.84. The fraction of sp³-hybridized carbons (Fsp3) is 0.600. The number of sulfonamides is 1. The molecule has 118 valence electrons. The van der Waals surface area contributed by atoms with E-state index in [0.29, 0.717) is 24.6 Å². The number of hydrogen-bond donors (Lipinski definition) is 2. The highest BCUT2D eigenvalue weighted by Crippen LogP contribution is 2.25. The lowest BCUT2D eigenvalue weighted by atomic mass is 10.0. The fourth-order valence-electron chi connectivity index (χ4n) is 2.69. The van der Waals surface area contributed by atoms with Crippen molar-refractivity contribution in [2.75, 3.05) is 13.2 Å². The summed E-state index contributed by atoms with van der Waals surface area (Å²) in [6, 6.07) is 3.54. The van der Waals surface area contributed by atoms with Crippen molar-refractivity contribution in [1.82, 2.24) is 4.72 Å². The van der Waals surface area contributed by atoms with Crippen molar-refractivity contribution >= 4 is 10.0 Å². The van der Waals surface area contributed by atoms with Gasteiger partial charge in [0.25, 0.3) is 0 Å². The Hall–Kier alpha value is -0.950. The minimum atomic E-state index is -3.55. The van der Waals surface area contributed by atoms with Gasteiger partial charge in [0.15, 0.2) is 0 Å². The average molecular weight is 312 g/mol. The first-order valence-electron chi connectivity index (χ1n) is 7.21. The van der Waals surface area contributed by atoms with Crippen LogP contribution in [0.2, 0.25) is 0 Å². The quantitative estimate of drug-likeness (QED) is 0.865. The molecule has 2 rings (SSSR count). The van der Waals surface area contributed by atoms with Crippen LogP contribution in [0.15, 0.2) is 17.0 Å². The van der Waals surface area contributed by atoms with Gasteiger partial charge < -0.3 is 10.5 Å². The van der Waals surface area contributed by atoms with Gasteiger partial charge in [0.2, 0.25) is 10.0 Å². The van der Waals surface area contributed by atoms with Gasteiger partial charge in [0, 0.05) is 19.7 Å². The maximum Gasteiger partial charge on any atom is 0.240 e. The Morgan fingerprint density at radius 2 is 2.05 bits per heavy atom. The topological polar surface area (TPSA) is 81.4 Å². The Morgan fingerprint density at radius 3 is 2.62 bits per heavy atom. The van der Waals surface area contributed by atoms with Crippen molar-refractivity contribution in [3.8, 4) is 0 Å². The number of rotatable bonds is 5. The van der Waals surface area contributed by atoms with Crippen molar-refractivity contribution in [3.63, 3.8) is 0 Å². The third kappa shape index (κ3) is 3.63. The van der Waals surface area contributed by atoms with Gasteiger partial charge in [-0.15, -0.1) is 0 Å². The van der Waals surface area contributed by atoms with Crippen LogP contribution in [-0.2, 0) is 21.3 Å². The molecule has 1 fully saturated rings. The van der Waals surface area contributed by atoms with Gasteiger partial charge in [0.05, 0.1) is 10.5 Å². The summed E-state index contributed by atoms with van der Waals surface area (Å²) in [4.78, 5) is 0.301. The van der Waals surface area contributed by atoms with Gasteiger partial charge in [-0.25, -0.2) is 13.1 Å². The number of nitrogens with one attached hydrogen (secondary N) is 1. The summed E-state index contributed by atoms with van der Waals surface area (Å²) in [5, 5.41) is 0. The van der Waals surface area contributed by atoms with E-state index in [1.807, 2.05) is 19.9 Å². The third-order valence-corrected chi connectivity index (χ3v) is 5.62. The van der Waals surface area contributed by atoms with E-state index in [0.717, 1.165) is 29.5 Å². The molecule has 1 aromatic carbocycles. The Labute approximate surface area is 126 Å². The van der Waals surface area contributed by atoms with Crippen molar-refractivity contribution in [1.29, 1.82) is 0 Å². The molecule has 0 spiro atoms. The highest BCUT2D eigenvalue weighted by Gasteiger charge is 2.31. The molecule has 1 saturated heterocycles. The molecule has 0 bridgehead atoms. The molecule has 3 N–H and O–H groups in total. The molecule has 0 aromatic heterocycles. The van der Waals surface area contributed by atoms with Gasteiger partial charge in [-0.2, -0.15) is 0 Å². The predicted octanol–water partition coefficient (Wildman–Crippen LogP) is 1.61. The van der Waals surface area contributed by atoms with E-state index in [4.69, 9.17) is 10.5 Å². The zero-order valence-corrected chi connectivity index (χ0v) is 13.7. The maximum atomic E-state index is 12.5. The monoisotopic (exact) mass is 312 g/mol. The van der Waals surface area contributed by atoms with Gasteiger partial charge in [-0.05, 0) is 56.4 Å². The second-order valence-electron chi connectivity index (χ2n) is 5.97. The molecule has 1 atom stereocenters. The number of ether oxygens (including phenoxy) is 1. The number of hydrogen-bond acceptors (Lipinski definition) is 4. The van der Waals surface area contributed by atoms with Gasteiger partial charge in [-0.3, -0.25) is 0 Å². The number of benzene rings is 1. The summed E-state index contributed by atoms with van der Waals surface area (Å²) < 4.78 is 33.3. The summed E-state index contributed by atoms with van der Waals surface area (Å²) >= 11 is 0. The molecule has 1 aliphatic heterocycles. The largest absolute Gasteiger partial charge is 0.374 e. The van der Waals surface area contributed by atoms with Crippen LogP contribution in [-0.4, -0.2) is 27.2 Å². The lowest BCUT2D eigenvalue weighted by Crippen LogP contribution is -2.40. The minimum Gasteiger partial charge on any atom is -0.374 e. The van der Waals surface area contributed by atoms with Gasteiger partial charge in [-0.1, -0.05) is 6.07 Å². The normalized spacial score (nSPS) is 22.7. The lowest BCUT2D eigenvalue weighted by Gasteiger charge is -2.23. The zero-order chi connectivity index (χ0) is 15.7. The van der Waals surface area contributed by atoms with Crippen molar-refractivity contribution in [3.05, 3.63) is 28.8 Å². The number of aryl methyl sites for hydroxylation is 2. The maximum absolute atomic E-state index is 12.5. The highest BCUT2D eigenvalue weighted by atomic mass is 32.2. The summed E-state index contributed by atoms with van der Waals surface area (Å²) in [6.07, 6.45) is 1.84. The second kappa shape index (κ2) is 6.04. The van der Waals surface area contributed by atoms with E-state index >= 15 is 0 Å². The van der Waals surface area contributed by atoms with Crippen LogP contribution in [0.5, 0.6) is 0 Å². The summed E-state index contributed by atoms with van der Waals surface area (Å²) in [7, 11) is -3.55. The van der Waals surface area contributed by atoms with Crippen LogP contribution in [0, 0.1) is 13.8 Å². The number of nitrogens with two attached hydrogens (primary N) is 1. The SMILES string of the molecule is Cc1cc(C)c(S(=O)(=O)NCC2(C)CCCO2)cc1CN. The fourth-order valence-corrected chi connectivity index (χ4v) is 4.12. The molecular formula is C15H24N2O3S. The molecule has 6 heteroatoms. The molecule has 1 aromatic rings. The van der Waals surface area contributed by atoms with Gasteiger partial charge >= 0.3 is 0 Å². The molecule has 0 saturated carbocycles. The second-order valence-corrected chi connectivity index (χ2v) is 7.71. The van der Waals surface area contributed by atoms with Gasteiger partial charge in [0.1, 0.15) is 0 Å². The third-order valence-electron chi connectivity index (χ3n) is 4.08. The van der Waals surface area contributed by atoms with E-state index in [-0.39, 0.29) is 0 Å². The molecule has 21 heavy (non-hydrogen) atoms. The first-order valence-corrected chi connectivity index (χ1v) is 8.69. The molecule has 1 unspecified atom stereocenters. The Bertz CT molecular complexity index is 620. The molecule has 1 aliphatic rings. The first-order chi connectivity index (χ1) is 9.77. The van der Waals surface area contributed by atoms with Crippen molar-refractivity contribution < 1.29 is 13.2 Å². The van der Waals surface area contributed by atoms with Crippen molar-refractivity contribution in [2.24, 2.45) is 5.73 Å². The standard InChI is InChI=1S/C15H24N2O3S/c1-11-7-12(2)14(8-13(11)9-16)21(18,19)17-10-15(3)5-4-6-20-15/h7-8,17H,4-6,9-10,16H2,1-3H3. The van der Waals surface area contributed by atoms with Crippen LogP contribution in [0.25, 0.3) is 0 Å².